The third-order valence-corrected chi connectivity index (χ3v) is 5.41. The van der Waals surface area contributed by atoms with Gasteiger partial charge in [-0.25, -0.2) is 0 Å². The molecule has 2 nitrogen and oxygen atoms in total. The van der Waals surface area contributed by atoms with Crippen molar-refractivity contribution in [2.75, 3.05) is 13.2 Å². The van der Waals surface area contributed by atoms with Gasteiger partial charge in [-0.3, -0.25) is 0 Å². The van der Waals surface area contributed by atoms with Crippen molar-refractivity contribution in [3.63, 3.8) is 0 Å². The second-order valence-electron chi connectivity index (χ2n) is 5.48. The molecule has 0 atom stereocenters. The fraction of sp³-hybridized carbons (Fsp3) is 0.316. The van der Waals surface area contributed by atoms with Crippen LogP contribution in [0.4, 0.5) is 0 Å². The molecule has 1 heterocycles. The van der Waals surface area contributed by atoms with E-state index in [9.17, 15) is 5.26 Å². The molecule has 112 valence electrons. The van der Waals surface area contributed by atoms with Gasteiger partial charge < -0.3 is 4.74 Å². The standard InChI is InChI=1S/C19H19NOS/c20-13-17-3-1-2-4-19(17)16-7-5-15(6-8-16)14-22-18-9-11-21-12-10-18/h1-8,18H,9-12,14H2. The van der Waals surface area contributed by atoms with E-state index in [0.717, 1.165) is 53.7 Å². The Labute approximate surface area is 136 Å². The predicted molar refractivity (Wildman–Crippen MR) is 91.7 cm³/mol. The zero-order chi connectivity index (χ0) is 15.2. The maximum atomic E-state index is 9.20. The normalized spacial score (nSPS) is 15.4. The SMILES string of the molecule is N#Cc1ccccc1-c1ccc(CSC2CCOCC2)cc1. The molecule has 2 aromatic carbocycles. The summed E-state index contributed by atoms with van der Waals surface area (Å²) in [7, 11) is 0. The molecule has 0 spiro atoms. The van der Waals surface area contributed by atoms with Gasteiger partial charge in [-0.15, -0.1) is 0 Å². The minimum absolute atomic E-state index is 0.729. The largest absolute Gasteiger partial charge is 0.381 e. The first-order valence-electron chi connectivity index (χ1n) is 7.64. The van der Waals surface area contributed by atoms with Gasteiger partial charge in [0.25, 0.3) is 0 Å². The molecular weight excluding hydrogens is 290 g/mol. The maximum absolute atomic E-state index is 9.20. The number of ether oxygens (including phenoxy) is 1. The third-order valence-electron chi connectivity index (χ3n) is 3.97. The van der Waals surface area contributed by atoms with Crippen LogP contribution in [0.1, 0.15) is 24.0 Å². The molecule has 0 unspecified atom stereocenters. The van der Waals surface area contributed by atoms with Crippen molar-refractivity contribution in [3.05, 3.63) is 59.7 Å². The van der Waals surface area contributed by atoms with Crippen LogP contribution in [0, 0.1) is 11.3 Å². The van der Waals surface area contributed by atoms with Crippen LogP contribution in [-0.4, -0.2) is 18.5 Å². The van der Waals surface area contributed by atoms with E-state index in [-0.39, 0.29) is 0 Å². The molecule has 1 saturated heterocycles. The molecule has 0 saturated carbocycles. The zero-order valence-electron chi connectivity index (χ0n) is 12.5. The van der Waals surface area contributed by atoms with E-state index in [4.69, 9.17) is 4.74 Å². The van der Waals surface area contributed by atoms with Crippen molar-refractivity contribution in [3.8, 4) is 17.2 Å². The van der Waals surface area contributed by atoms with Crippen LogP contribution in [0.5, 0.6) is 0 Å². The lowest BCUT2D eigenvalue weighted by Crippen LogP contribution is -2.17. The van der Waals surface area contributed by atoms with Gasteiger partial charge in [0, 0.05) is 24.2 Å². The molecule has 0 aliphatic carbocycles. The predicted octanol–water partition coefficient (Wildman–Crippen LogP) is 4.64. The van der Waals surface area contributed by atoms with Crippen molar-refractivity contribution in [2.24, 2.45) is 0 Å². The van der Waals surface area contributed by atoms with Gasteiger partial charge in [-0.05, 0) is 35.6 Å². The molecule has 0 aromatic heterocycles. The summed E-state index contributed by atoms with van der Waals surface area (Å²) < 4.78 is 5.40. The van der Waals surface area contributed by atoms with E-state index >= 15 is 0 Å². The van der Waals surface area contributed by atoms with Crippen molar-refractivity contribution >= 4 is 11.8 Å². The molecule has 1 fully saturated rings. The summed E-state index contributed by atoms with van der Waals surface area (Å²) in [6, 6.07) is 18.6. The highest BCUT2D eigenvalue weighted by Crippen LogP contribution is 2.28. The monoisotopic (exact) mass is 309 g/mol. The first-order chi connectivity index (χ1) is 10.9. The molecule has 3 heteroatoms. The van der Waals surface area contributed by atoms with Gasteiger partial charge >= 0.3 is 0 Å². The molecule has 2 aromatic rings. The van der Waals surface area contributed by atoms with Crippen molar-refractivity contribution in [1.29, 1.82) is 5.26 Å². The van der Waals surface area contributed by atoms with Gasteiger partial charge in [-0.1, -0.05) is 42.5 Å². The first kappa shape index (κ1) is 15.1. The molecular formula is C19H19NOS. The van der Waals surface area contributed by atoms with E-state index < -0.39 is 0 Å². The molecule has 3 rings (SSSR count). The zero-order valence-corrected chi connectivity index (χ0v) is 13.3. The van der Waals surface area contributed by atoms with Crippen LogP contribution in [0.3, 0.4) is 0 Å². The van der Waals surface area contributed by atoms with Crippen molar-refractivity contribution in [1.82, 2.24) is 0 Å². The quantitative estimate of drug-likeness (QED) is 0.825. The average molecular weight is 309 g/mol. The fourth-order valence-corrected chi connectivity index (χ4v) is 3.82. The topological polar surface area (TPSA) is 33.0 Å². The highest BCUT2D eigenvalue weighted by Gasteiger charge is 2.14. The molecule has 1 aliphatic heterocycles. The average Bonchev–Trinajstić information content (AvgIpc) is 2.61. The summed E-state index contributed by atoms with van der Waals surface area (Å²) in [5, 5.41) is 9.93. The molecule has 0 amide bonds. The summed E-state index contributed by atoms with van der Waals surface area (Å²) in [6.07, 6.45) is 2.33. The highest BCUT2D eigenvalue weighted by molar-refractivity contribution is 7.99. The van der Waals surface area contributed by atoms with Gasteiger partial charge in [0.15, 0.2) is 0 Å². The number of nitriles is 1. The molecule has 1 aliphatic rings. The minimum atomic E-state index is 0.729. The number of thioether (sulfide) groups is 1. The summed E-state index contributed by atoms with van der Waals surface area (Å²) >= 11 is 2.03. The van der Waals surface area contributed by atoms with Crippen LogP contribution in [-0.2, 0) is 10.5 Å². The summed E-state index contributed by atoms with van der Waals surface area (Å²) in [5.41, 5.74) is 4.19. The van der Waals surface area contributed by atoms with E-state index in [1.54, 1.807) is 0 Å². The Hall–Kier alpha value is -1.76. The van der Waals surface area contributed by atoms with Crippen LogP contribution in [0.2, 0.25) is 0 Å². The Kier molecular flexibility index (Phi) is 5.15. The van der Waals surface area contributed by atoms with Gasteiger partial charge in [-0.2, -0.15) is 17.0 Å². The smallest absolute Gasteiger partial charge is 0.0998 e. The Morgan fingerprint density at radius 1 is 1.05 bits per heavy atom. The summed E-state index contributed by atoms with van der Waals surface area (Å²) in [6.45, 7) is 1.81. The van der Waals surface area contributed by atoms with Gasteiger partial charge in [0.2, 0.25) is 0 Å². The van der Waals surface area contributed by atoms with Crippen LogP contribution in [0.25, 0.3) is 11.1 Å². The molecule has 0 bridgehead atoms. The van der Waals surface area contributed by atoms with Gasteiger partial charge in [0.05, 0.1) is 11.6 Å². The van der Waals surface area contributed by atoms with E-state index in [2.05, 4.69) is 30.3 Å². The second-order valence-corrected chi connectivity index (χ2v) is 6.77. The number of hydrogen-bond donors (Lipinski definition) is 0. The number of benzene rings is 2. The lowest BCUT2D eigenvalue weighted by Gasteiger charge is -2.21. The Balaban J connectivity index is 1.66. The highest BCUT2D eigenvalue weighted by atomic mass is 32.2. The number of hydrogen-bond acceptors (Lipinski definition) is 3. The number of rotatable bonds is 4. The third kappa shape index (κ3) is 3.71. The summed E-state index contributed by atoms with van der Waals surface area (Å²) in [5.74, 6) is 1.05. The van der Waals surface area contributed by atoms with E-state index in [0.29, 0.717) is 0 Å². The van der Waals surface area contributed by atoms with Crippen molar-refractivity contribution in [2.45, 2.75) is 23.8 Å². The lowest BCUT2D eigenvalue weighted by molar-refractivity contribution is 0.1000. The van der Waals surface area contributed by atoms with Crippen LogP contribution < -0.4 is 0 Å². The Bertz CT molecular complexity index is 654. The molecule has 0 radical (unpaired) electrons. The fourth-order valence-electron chi connectivity index (χ4n) is 2.67. The first-order valence-corrected chi connectivity index (χ1v) is 8.69. The maximum Gasteiger partial charge on any atom is 0.0998 e. The van der Waals surface area contributed by atoms with Crippen LogP contribution >= 0.6 is 11.8 Å². The minimum Gasteiger partial charge on any atom is -0.381 e. The van der Waals surface area contributed by atoms with E-state index in [1.165, 1.54) is 5.56 Å². The lowest BCUT2D eigenvalue weighted by atomic mass is 10.00. The second kappa shape index (κ2) is 7.49. The van der Waals surface area contributed by atoms with Gasteiger partial charge in [0.1, 0.15) is 0 Å². The van der Waals surface area contributed by atoms with Crippen LogP contribution in [0.15, 0.2) is 48.5 Å². The molecule has 22 heavy (non-hydrogen) atoms. The van der Waals surface area contributed by atoms with E-state index in [1.807, 2.05) is 36.0 Å². The molecule has 0 N–H and O–H groups in total. The Morgan fingerprint density at radius 2 is 1.77 bits per heavy atom. The van der Waals surface area contributed by atoms with Crippen molar-refractivity contribution < 1.29 is 4.74 Å². The summed E-state index contributed by atoms with van der Waals surface area (Å²) in [4.78, 5) is 0. The Morgan fingerprint density at radius 3 is 2.50 bits per heavy atom. The number of nitrogens with zero attached hydrogens (tertiary/aromatic N) is 1.